The molecule has 0 radical (unpaired) electrons. The number of aliphatic imine (C=N–C) groups is 1. The molecule has 0 unspecified atom stereocenters. The molecule has 0 N–H and O–H groups in total. The van der Waals surface area contributed by atoms with Gasteiger partial charge in [-0.25, -0.2) is 0 Å². The van der Waals surface area contributed by atoms with Gasteiger partial charge in [0.2, 0.25) is 5.91 Å². The van der Waals surface area contributed by atoms with Gasteiger partial charge in [0.15, 0.2) is 5.17 Å². The molecule has 1 heterocycles. The van der Waals surface area contributed by atoms with E-state index in [1.165, 1.54) is 11.8 Å². The molecule has 194 valence electrons. The van der Waals surface area contributed by atoms with E-state index in [1.54, 1.807) is 19.1 Å². The Bertz CT molecular complexity index is 1560. The minimum Gasteiger partial charge on any atom is -0.497 e. The van der Waals surface area contributed by atoms with Crippen LogP contribution in [0.25, 0.3) is 21.5 Å². The van der Waals surface area contributed by atoms with Crippen molar-refractivity contribution in [1.29, 1.82) is 0 Å². The number of amides is 2. The van der Waals surface area contributed by atoms with Crippen molar-refractivity contribution in [3.05, 3.63) is 83.9 Å². The van der Waals surface area contributed by atoms with Gasteiger partial charge in [-0.3, -0.25) is 14.5 Å². The Hall–Kier alpha value is -3.84. The van der Waals surface area contributed by atoms with Crippen LogP contribution in [0.5, 0.6) is 11.5 Å². The zero-order valence-electron chi connectivity index (χ0n) is 21.9. The third kappa shape index (κ3) is 5.11. The lowest BCUT2D eigenvalue weighted by Crippen LogP contribution is -2.35. The first-order valence-corrected chi connectivity index (χ1v) is 13.6. The third-order valence-electron chi connectivity index (χ3n) is 7.13. The molecule has 1 fully saturated rings. The van der Waals surface area contributed by atoms with E-state index in [0.29, 0.717) is 17.5 Å². The summed E-state index contributed by atoms with van der Waals surface area (Å²) in [7, 11) is 3.29. The van der Waals surface area contributed by atoms with E-state index in [4.69, 9.17) is 9.47 Å². The summed E-state index contributed by atoms with van der Waals surface area (Å²) < 4.78 is 10.6. The SMILES string of the molecule is COc1ccc2cc([C@H](C)C(=O)N=C3SCCN3C(=O)[C@@H](C)c3ccc4cc(OC)ccc4c3)ccc2c1. The summed E-state index contributed by atoms with van der Waals surface area (Å²) in [6.07, 6.45) is 0. The van der Waals surface area contributed by atoms with Gasteiger partial charge in [0.25, 0.3) is 5.91 Å². The number of fused-ring (bicyclic) bond motifs is 2. The molecule has 1 aliphatic heterocycles. The molecule has 6 nitrogen and oxygen atoms in total. The highest BCUT2D eigenvalue weighted by Crippen LogP contribution is 2.30. The van der Waals surface area contributed by atoms with Gasteiger partial charge in [-0.05, 0) is 70.8 Å². The van der Waals surface area contributed by atoms with Crippen molar-refractivity contribution in [2.45, 2.75) is 25.7 Å². The summed E-state index contributed by atoms with van der Waals surface area (Å²) in [5.74, 6) is 1.20. The minimum absolute atomic E-state index is 0.0540. The van der Waals surface area contributed by atoms with Gasteiger partial charge in [0, 0.05) is 12.3 Å². The Morgan fingerprint density at radius 1 is 0.763 bits per heavy atom. The number of carbonyl (C=O) groups is 2. The van der Waals surface area contributed by atoms with Gasteiger partial charge in [0.05, 0.1) is 26.1 Å². The van der Waals surface area contributed by atoms with Crippen molar-refractivity contribution < 1.29 is 19.1 Å². The van der Waals surface area contributed by atoms with Crippen molar-refractivity contribution >= 4 is 50.3 Å². The Labute approximate surface area is 226 Å². The first-order chi connectivity index (χ1) is 18.4. The number of thioether (sulfide) groups is 1. The normalized spacial score (nSPS) is 16.1. The van der Waals surface area contributed by atoms with Gasteiger partial charge in [-0.15, -0.1) is 0 Å². The van der Waals surface area contributed by atoms with E-state index in [2.05, 4.69) is 4.99 Å². The molecule has 0 aromatic heterocycles. The summed E-state index contributed by atoms with van der Waals surface area (Å²) in [5, 5.41) is 4.66. The maximum Gasteiger partial charge on any atom is 0.255 e. The molecule has 4 aromatic carbocycles. The maximum atomic E-state index is 13.5. The van der Waals surface area contributed by atoms with Crippen molar-refractivity contribution in [3.8, 4) is 11.5 Å². The molecule has 5 rings (SSSR count). The second kappa shape index (κ2) is 10.9. The fourth-order valence-corrected chi connectivity index (χ4v) is 5.63. The Morgan fingerprint density at radius 3 is 1.82 bits per heavy atom. The average molecular weight is 527 g/mol. The number of carbonyl (C=O) groups excluding carboxylic acids is 2. The Morgan fingerprint density at radius 2 is 1.26 bits per heavy atom. The van der Waals surface area contributed by atoms with Crippen LogP contribution in [0.2, 0.25) is 0 Å². The van der Waals surface area contributed by atoms with Crippen LogP contribution in [0.4, 0.5) is 0 Å². The summed E-state index contributed by atoms with van der Waals surface area (Å²) in [6, 6.07) is 23.7. The van der Waals surface area contributed by atoms with Crippen molar-refractivity contribution in [1.82, 2.24) is 4.90 Å². The van der Waals surface area contributed by atoms with Gasteiger partial charge in [-0.2, -0.15) is 4.99 Å². The van der Waals surface area contributed by atoms with Crippen LogP contribution in [0.15, 0.2) is 77.8 Å². The molecule has 0 bridgehead atoms. The number of hydrogen-bond donors (Lipinski definition) is 0. The van der Waals surface area contributed by atoms with Crippen molar-refractivity contribution in [2.75, 3.05) is 26.5 Å². The molecule has 1 aliphatic rings. The van der Waals surface area contributed by atoms with Crippen molar-refractivity contribution in [3.63, 3.8) is 0 Å². The number of methoxy groups -OCH3 is 2. The van der Waals surface area contributed by atoms with E-state index in [1.807, 2.05) is 86.6 Å². The molecule has 7 heteroatoms. The Kier molecular flexibility index (Phi) is 7.38. The van der Waals surface area contributed by atoms with E-state index in [9.17, 15) is 9.59 Å². The van der Waals surface area contributed by atoms with Crippen LogP contribution < -0.4 is 9.47 Å². The molecule has 1 saturated heterocycles. The fraction of sp³-hybridized carbons (Fsp3) is 0.258. The summed E-state index contributed by atoms with van der Waals surface area (Å²) in [4.78, 5) is 32.8. The molecule has 0 aliphatic carbocycles. The number of ether oxygens (including phenoxy) is 2. The molecule has 2 atom stereocenters. The number of rotatable bonds is 6. The van der Waals surface area contributed by atoms with Crippen molar-refractivity contribution in [2.24, 2.45) is 4.99 Å². The molecule has 0 spiro atoms. The monoisotopic (exact) mass is 526 g/mol. The highest BCUT2D eigenvalue weighted by molar-refractivity contribution is 8.14. The van der Waals surface area contributed by atoms with E-state index < -0.39 is 5.92 Å². The minimum atomic E-state index is -0.429. The summed E-state index contributed by atoms with van der Waals surface area (Å²) in [5.41, 5.74) is 1.82. The predicted octanol–water partition coefficient (Wildman–Crippen LogP) is 6.38. The molecule has 38 heavy (non-hydrogen) atoms. The zero-order chi connectivity index (χ0) is 26.8. The lowest BCUT2D eigenvalue weighted by Gasteiger charge is -2.21. The first kappa shape index (κ1) is 25.8. The predicted molar refractivity (Wildman–Crippen MR) is 154 cm³/mol. The number of nitrogens with zero attached hydrogens (tertiary/aromatic N) is 2. The number of benzene rings is 4. The second-order valence-corrected chi connectivity index (χ2v) is 10.5. The fourth-order valence-electron chi connectivity index (χ4n) is 4.69. The molecule has 4 aromatic rings. The van der Waals surface area contributed by atoms with Gasteiger partial charge >= 0.3 is 0 Å². The molecular weight excluding hydrogens is 496 g/mol. The third-order valence-corrected chi connectivity index (χ3v) is 8.09. The van der Waals surface area contributed by atoms with Gasteiger partial charge in [-0.1, -0.05) is 60.3 Å². The van der Waals surface area contributed by atoms with Crippen LogP contribution in [0, 0.1) is 0 Å². The lowest BCUT2D eigenvalue weighted by molar-refractivity contribution is -0.128. The molecule has 2 amide bonds. The van der Waals surface area contributed by atoms with Crippen LogP contribution >= 0.6 is 11.8 Å². The number of amidine groups is 1. The van der Waals surface area contributed by atoms with Crippen LogP contribution in [-0.4, -0.2) is 48.4 Å². The largest absolute Gasteiger partial charge is 0.497 e. The van der Waals surface area contributed by atoms with E-state index >= 15 is 0 Å². The smallest absolute Gasteiger partial charge is 0.255 e. The lowest BCUT2D eigenvalue weighted by atomic mass is 9.96. The summed E-state index contributed by atoms with van der Waals surface area (Å²) >= 11 is 1.45. The van der Waals surface area contributed by atoms with E-state index in [-0.39, 0.29) is 17.7 Å². The van der Waals surface area contributed by atoms with Crippen LogP contribution in [-0.2, 0) is 9.59 Å². The first-order valence-electron chi connectivity index (χ1n) is 12.6. The van der Waals surface area contributed by atoms with Crippen LogP contribution in [0.3, 0.4) is 0 Å². The zero-order valence-corrected chi connectivity index (χ0v) is 22.7. The topological polar surface area (TPSA) is 68.2 Å². The Balaban J connectivity index is 1.33. The highest BCUT2D eigenvalue weighted by Gasteiger charge is 2.31. The number of hydrogen-bond acceptors (Lipinski definition) is 5. The van der Waals surface area contributed by atoms with Gasteiger partial charge < -0.3 is 9.47 Å². The van der Waals surface area contributed by atoms with E-state index in [0.717, 1.165) is 44.2 Å². The van der Waals surface area contributed by atoms with Gasteiger partial charge in [0.1, 0.15) is 11.5 Å². The highest BCUT2D eigenvalue weighted by atomic mass is 32.2. The molecule has 0 saturated carbocycles. The van der Waals surface area contributed by atoms with Crippen LogP contribution in [0.1, 0.15) is 36.8 Å². The summed E-state index contributed by atoms with van der Waals surface area (Å²) in [6.45, 7) is 4.30. The maximum absolute atomic E-state index is 13.5. The standard InChI is InChI=1S/C31H30N2O4S/c1-19(21-5-7-25-17-27(36-3)11-9-23(25)15-21)29(34)32-31-33(13-14-38-31)30(35)20(2)22-6-8-26-18-28(37-4)12-10-24(26)16-22/h5-12,15-20H,13-14H2,1-4H3/t19-,20-/m0/s1. The second-order valence-electron chi connectivity index (χ2n) is 9.46. The average Bonchev–Trinajstić information content (AvgIpc) is 3.42. The quantitative estimate of drug-likeness (QED) is 0.292. The molecular formula is C31H30N2O4S.